The van der Waals surface area contributed by atoms with Crippen LogP contribution < -0.4 is 27.8 Å². The van der Waals surface area contributed by atoms with Gasteiger partial charge < -0.3 is 47.9 Å². The highest BCUT2D eigenvalue weighted by molar-refractivity contribution is 5.95. The highest BCUT2D eigenvalue weighted by Crippen LogP contribution is 2.23. The molecule has 0 radical (unpaired) electrons. The van der Waals surface area contributed by atoms with Crippen LogP contribution in [0.5, 0.6) is 0 Å². The van der Waals surface area contributed by atoms with Gasteiger partial charge in [0.1, 0.15) is 18.1 Å². The number of para-hydroxylation sites is 1. The lowest BCUT2D eigenvalue weighted by Crippen LogP contribution is -2.57. The molecule has 228 valence electrons. The Bertz CT molecular complexity index is 1320. The van der Waals surface area contributed by atoms with Crippen LogP contribution in [0.4, 0.5) is 0 Å². The second-order valence-corrected chi connectivity index (χ2v) is 10.2. The molecule has 0 saturated carbocycles. The number of rotatable bonds is 15. The summed E-state index contributed by atoms with van der Waals surface area (Å²) in [5, 5.41) is 24.4. The number of benzene rings is 1. The molecule has 4 atom stereocenters. The minimum Gasteiger partial charge on any atom is -0.481 e. The number of carbonyl (C=O) groups is 5. The fraction of sp³-hybridized carbons (Fsp3) is 0.481. The smallest absolute Gasteiger partial charge is 0.326 e. The summed E-state index contributed by atoms with van der Waals surface area (Å²) in [6.45, 7) is 0.504. The zero-order chi connectivity index (χ0) is 30.8. The lowest BCUT2D eigenvalue weighted by Gasteiger charge is -2.30. The van der Waals surface area contributed by atoms with E-state index >= 15 is 0 Å². The second kappa shape index (κ2) is 14.8. The summed E-state index contributed by atoms with van der Waals surface area (Å²) < 4.78 is 0. The number of H-pyrrole nitrogens is 1. The summed E-state index contributed by atoms with van der Waals surface area (Å²) in [6.07, 6.45) is 2.56. The molecule has 0 spiro atoms. The van der Waals surface area contributed by atoms with Gasteiger partial charge in [0.25, 0.3) is 0 Å². The average molecular weight is 587 g/mol. The average Bonchev–Trinajstić information content (AvgIpc) is 3.60. The van der Waals surface area contributed by atoms with Crippen molar-refractivity contribution in [1.82, 2.24) is 20.5 Å². The van der Waals surface area contributed by atoms with Crippen molar-refractivity contribution in [2.45, 2.75) is 69.1 Å². The molecule has 4 unspecified atom stereocenters. The van der Waals surface area contributed by atoms with Gasteiger partial charge in [-0.1, -0.05) is 18.2 Å². The lowest BCUT2D eigenvalue weighted by atomic mass is 10.0. The van der Waals surface area contributed by atoms with E-state index in [1.54, 1.807) is 6.20 Å². The first kappa shape index (κ1) is 31.9. The molecule has 0 aliphatic carbocycles. The number of guanidine groups is 1. The van der Waals surface area contributed by atoms with Crippen LogP contribution in [0.15, 0.2) is 35.5 Å². The molecule has 11 N–H and O–H groups in total. The van der Waals surface area contributed by atoms with E-state index in [2.05, 4.69) is 20.6 Å². The van der Waals surface area contributed by atoms with E-state index in [0.29, 0.717) is 12.8 Å². The monoisotopic (exact) mass is 586 g/mol. The van der Waals surface area contributed by atoms with Crippen LogP contribution >= 0.6 is 0 Å². The Kier molecular flexibility index (Phi) is 11.2. The molecule has 42 heavy (non-hydrogen) atoms. The van der Waals surface area contributed by atoms with E-state index in [4.69, 9.17) is 22.3 Å². The third kappa shape index (κ3) is 8.67. The molecular weight excluding hydrogens is 548 g/mol. The van der Waals surface area contributed by atoms with E-state index in [1.165, 1.54) is 4.90 Å². The summed E-state index contributed by atoms with van der Waals surface area (Å²) >= 11 is 0. The van der Waals surface area contributed by atoms with Crippen LogP contribution in [0.25, 0.3) is 10.9 Å². The fourth-order valence-electron chi connectivity index (χ4n) is 4.95. The summed E-state index contributed by atoms with van der Waals surface area (Å²) in [4.78, 5) is 70.9. The minimum atomic E-state index is -1.43. The third-order valence-electron chi connectivity index (χ3n) is 7.12. The van der Waals surface area contributed by atoms with Gasteiger partial charge in [-0.15, -0.1) is 0 Å². The number of aromatic amines is 1. The molecule has 15 heteroatoms. The summed E-state index contributed by atoms with van der Waals surface area (Å²) in [7, 11) is 0. The molecule has 2 heterocycles. The van der Waals surface area contributed by atoms with Crippen LogP contribution in [-0.2, 0) is 30.4 Å². The zero-order valence-corrected chi connectivity index (χ0v) is 23.1. The third-order valence-corrected chi connectivity index (χ3v) is 7.12. The van der Waals surface area contributed by atoms with Crippen molar-refractivity contribution in [3.05, 3.63) is 36.0 Å². The highest BCUT2D eigenvalue weighted by Gasteiger charge is 2.39. The van der Waals surface area contributed by atoms with Gasteiger partial charge in [-0.3, -0.25) is 24.2 Å². The molecule has 1 aromatic heterocycles. The Balaban J connectivity index is 1.78. The maximum absolute atomic E-state index is 13.9. The van der Waals surface area contributed by atoms with Crippen molar-refractivity contribution in [3.8, 4) is 0 Å². The number of aliphatic carboxylic acids is 2. The number of nitrogens with zero attached hydrogens (tertiary/aromatic N) is 2. The van der Waals surface area contributed by atoms with Crippen molar-refractivity contribution < 1.29 is 34.2 Å². The van der Waals surface area contributed by atoms with E-state index in [0.717, 1.165) is 16.5 Å². The predicted octanol–water partition coefficient (Wildman–Crippen LogP) is -0.999. The number of aromatic nitrogens is 1. The number of likely N-dealkylation sites (tertiary alicyclic amines) is 1. The Morgan fingerprint density at radius 1 is 1.07 bits per heavy atom. The molecular formula is C27H38N8O7. The number of amides is 3. The van der Waals surface area contributed by atoms with Crippen molar-refractivity contribution in [2.24, 2.45) is 22.2 Å². The standard InChI is InChI=1S/C27H38N8O7/c28-17(6-3-11-31-27(29)30)23(38)34-20(13-15-14-32-18-7-2-1-5-16(15)18)25(40)35-12-4-8-21(35)24(39)33-19(26(41)42)9-10-22(36)37/h1-2,5,7,14,17,19-21,32H,3-4,6,8-13,28H2,(H,33,39)(H,34,38)(H,36,37)(H,41,42)(H4,29,30,31). The van der Waals surface area contributed by atoms with Gasteiger partial charge in [0.2, 0.25) is 17.7 Å². The van der Waals surface area contributed by atoms with Gasteiger partial charge >= 0.3 is 11.9 Å². The van der Waals surface area contributed by atoms with Crippen LogP contribution in [0.2, 0.25) is 0 Å². The predicted molar refractivity (Wildman–Crippen MR) is 153 cm³/mol. The quantitative estimate of drug-likeness (QED) is 0.0717. The summed E-state index contributed by atoms with van der Waals surface area (Å²) in [6, 6.07) is 3.05. The van der Waals surface area contributed by atoms with Gasteiger partial charge in [0.15, 0.2) is 5.96 Å². The van der Waals surface area contributed by atoms with Crippen molar-refractivity contribution >= 4 is 46.5 Å². The van der Waals surface area contributed by atoms with Crippen LogP contribution in [0.1, 0.15) is 44.1 Å². The normalized spacial score (nSPS) is 16.8. The van der Waals surface area contributed by atoms with Gasteiger partial charge in [-0.2, -0.15) is 0 Å². The first-order valence-electron chi connectivity index (χ1n) is 13.7. The van der Waals surface area contributed by atoms with Crippen LogP contribution in [0, 0.1) is 0 Å². The maximum Gasteiger partial charge on any atom is 0.326 e. The molecule has 15 nitrogen and oxygen atoms in total. The first-order valence-corrected chi connectivity index (χ1v) is 13.7. The van der Waals surface area contributed by atoms with Crippen molar-refractivity contribution in [2.75, 3.05) is 13.1 Å². The molecule has 1 fully saturated rings. The maximum atomic E-state index is 13.9. The topological polar surface area (TPSA) is 259 Å². The van der Waals surface area contributed by atoms with Gasteiger partial charge in [-0.05, 0) is 43.7 Å². The Hall–Kier alpha value is -4.66. The summed E-state index contributed by atoms with van der Waals surface area (Å²) in [5.41, 5.74) is 18.4. The van der Waals surface area contributed by atoms with E-state index < -0.39 is 60.2 Å². The van der Waals surface area contributed by atoms with Gasteiger partial charge in [-0.25, -0.2) is 4.79 Å². The van der Waals surface area contributed by atoms with Crippen LogP contribution in [0.3, 0.4) is 0 Å². The SMILES string of the molecule is NC(N)=NCCCC(N)C(=O)NC(Cc1c[nH]c2ccccc12)C(=O)N1CCCC1C(=O)NC(CCC(=O)O)C(=O)O. The number of carboxylic acids is 2. The molecule has 0 bridgehead atoms. The molecule has 2 aromatic rings. The van der Waals surface area contributed by atoms with Crippen molar-refractivity contribution in [3.63, 3.8) is 0 Å². The number of nitrogens with two attached hydrogens (primary N) is 3. The number of carboxylic acid groups (broad SMARTS) is 2. The lowest BCUT2D eigenvalue weighted by molar-refractivity contribution is -0.145. The van der Waals surface area contributed by atoms with E-state index in [1.807, 2.05) is 24.3 Å². The molecule has 3 rings (SSSR count). The van der Waals surface area contributed by atoms with E-state index in [-0.39, 0.29) is 44.7 Å². The van der Waals surface area contributed by atoms with Gasteiger partial charge in [0, 0.05) is 43.0 Å². The minimum absolute atomic E-state index is 0.0711. The first-order chi connectivity index (χ1) is 20.0. The number of carbonyl (C=O) groups excluding carboxylic acids is 3. The highest BCUT2D eigenvalue weighted by atomic mass is 16.4. The number of nitrogens with one attached hydrogen (secondary N) is 3. The van der Waals surface area contributed by atoms with Gasteiger partial charge in [0.05, 0.1) is 6.04 Å². The molecule has 1 aromatic carbocycles. The van der Waals surface area contributed by atoms with E-state index in [9.17, 15) is 29.1 Å². The second-order valence-electron chi connectivity index (χ2n) is 10.2. The van der Waals surface area contributed by atoms with Crippen LogP contribution in [-0.4, -0.2) is 93.0 Å². The number of fused-ring (bicyclic) bond motifs is 1. The molecule has 3 amide bonds. The number of hydrogen-bond donors (Lipinski definition) is 8. The fourth-order valence-corrected chi connectivity index (χ4v) is 4.95. The number of hydrogen-bond acceptors (Lipinski definition) is 7. The zero-order valence-electron chi connectivity index (χ0n) is 23.1. The number of aliphatic imine (C=N–C) groups is 1. The molecule has 1 aliphatic heterocycles. The Morgan fingerprint density at radius 2 is 1.81 bits per heavy atom. The largest absolute Gasteiger partial charge is 0.481 e. The molecule has 1 aliphatic rings. The Labute approximate surface area is 241 Å². The molecule has 1 saturated heterocycles. The Morgan fingerprint density at radius 3 is 2.50 bits per heavy atom. The van der Waals surface area contributed by atoms with Crippen molar-refractivity contribution in [1.29, 1.82) is 0 Å². The summed E-state index contributed by atoms with van der Waals surface area (Å²) in [5.74, 6) is -4.42.